The van der Waals surface area contributed by atoms with E-state index in [9.17, 15) is 18.0 Å². The Labute approximate surface area is 189 Å². The van der Waals surface area contributed by atoms with Crippen molar-refractivity contribution in [2.45, 2.75) is 19.5 Å². The van der Waals surface area contributed by atoms with Gasteiger partial charge in [0.25, 0.3) is 0 Å². The molecule has 1 unspecified atom stereocenters. The lowest BCUT2D eigenvalue weighted by atomic mass is 10.1. The number of sulfonamides is 1. The molecule has 0 aliphatic carbocycles. The SMILES string of the molecule is CNC(=O)C(C)N(Cc1ccccc1)C(=O)CN(c1ccc(OC)c(OC)c1)S(C)(=O)=O. The Balaban J connectivity index is 2.41. The number of nitrogens with zero attached hydrogens (tertiary/aromatic N) is 2. The van der Waals surface area contributed by atoms with Crippen molar-refractivity contribution in [3.63, 3.8) is 0 Å². The highest BCUT2D eigenvalue weighted by molar-refractivity contribution is 7.92. The smallest absolute Gasteiger partial charge is 0.244 e. The molecule has 0 bridgehead atoms. The third-order valence-electron chi connectivity index (χ3n) is 4.94. The fourth-order valence-electron chi connectivity index (χ4n) is 3.17. The van der Waals surface area contributed by atoms with Gasteiger partial charge in [0, 0.05) is 19.7 Å². The molecule has 0 aromatic heterocycles. The molecule has 0 saturated carbocycles. The second kappa shape index (κ2) is 10.9. The van der Waals surface area contributed by atoms with Gasteiger partial charge in [-0.05, 0) is 24.6 Å². The van der Waals surface area contributed by atoms with Gasteiger partial charge in [-0.3, -0.25) is 13.9 Å². The summed E-state index contributed by atoms with van der Waals surface area (Å²) in [5.74, 6) is -0.127. The number of nitrogens with one attached hydrogen (secondary N) is 1. The van der Waals surface area contributed by atoms with Crippen molar-refractivity contribution in [1.29, 1.82) is 0 Å². The molecule has 2 rings (SSSR count). The number of hydrogen-bond acceptors (Lipinski definition) is 6. The summed E-state index contributed by atoms with van der Waals surface area (Å²) in [6, 6.07) is 12.9. The minimum absolute atomic E-state index is 0.151. The monoisotopic (exact) mass is 463 g/mol. The molecule has 0 aliphatic rings. The van der Waals surface area contributed by atoms with Gasteiger partial charge in [0.05, 0.1) is 26.2 Å². The van der Waals surface area contributed by atoms with Gasteiger partial charge >= 0.3 is 0 Å². The first-order valence-electron chi connectivity index (χ1n) is 9.87. The molecular formula is C22H29N3O6S. The lowest BCUT2D eigenvalue weighted by molar-refractivity contribution is -0.139. The van der Waals surface area contributed by atoms with E-state index in [4.69, 9.17) is 9.47 Å². The van der Waals surface area contributed by atoms with Crippen LogP contribution in [0, 0.1) is 0 Å². The number of rotatable bonds is 10. The van der Waals surface area contributed by atoms with Crippen LogP contribution in [0.1, 0.15) is 12.5 Å². The Kier molecular flexibility index (Phi) is 8.48. The van der Waals surface area contributed by atoms with Gasteiger partial charge in [-0.15, -0.1) is 0 Å². The van der Waals surface area contributed by atoms with Crippen LogP contribution in [0.3, 0.4) is 0 Å². The minimum atomic E-state index is -3.83. The maximum Gasteiger partial charge on any atom is 0.244 e. The predicted octanol–water partition coefficient (Wildman–Crippen LogP) is 1.63. The average Bonchev–Trinajstić information content (AvgIpc) is 2.79. The summed E-state index contributed by atoms with van der Waals surface area (Å²) in [6.45, 7) is 1.27. The standard InChI is InChI=1S/C22H29N3O6S/c1-16(22(27)23-2)24(14-17-9-7-6-8-10-17)21(26)15-25(32(5,28)29)18-11-12-19(30-3)20(13-18)31-4/h6-13,16H,14-15H2,1-5H3,(H,23,27). The highest BCUT2D eigenvalue weighted by atomic mass is 32.2. The molecule has 1 N–H and O–H groups in total. The maximum atomic E-state index is 13.3. The number of carbonyl (C=O) groups excluding carboxylic acids is 2. The van der Waals surface area contributed by atoms with Crippen LogP contribution >= 0.6 is 0 Å². The fourth-order valence-corrected chi connectivity index (χ4v) is 4.01. The molecule has 0 spiro atoms. The van der Waals surface area contributed by atoms with Crippen molar-refractivity contribution < 1.29 is 27.5 Å². The normalized spacial score (nSPS) is 11.9. The molecule has 1 atom stereocenters. The lowest BCUT2D eigenvalue weighted by Gasteiger charge is -2.31. The third kappa shape index (κ3) is 6.13. The van der Waals surface area contributed by atoms with Crippen LogP contribution in [0.25, 0.3) is 0 Å². The highest BCUT2D eigenvalue weighted by Gasteiger charge is 2.30. The van der Waals surface area contributed by atoms with Crippen molar-refractivity contribution in [2.75, 3.05) is 38.4 Å². The topological polar surface area (TPSA) is 105 Å². The summed E-state index contributed by atoms with van der Waals surface area (Å²) in [7, 11) is 0.560. The van der Waals surface area contributed by atoms with E-state index >= 15 is 0 Å². The van der Waals surface area contributed by atoms with Crippen molar-refractivity contribution in [1.82, 2.24) is 10.2 Å². The number of anilines is 1. The Hall–Kier alpha value is -3.27. The average molecular weight is 464 g/mol. The molecule has 0 heterocycles. The summed E-state index contributed by atoms with van der Waals surface area (Å²) in [6.07, 6.45) is 1.01. The highest BCUT2D eigenvalue weighted by Crippen LogP contribution is 2.32. The molecule has 2 aromatic rings. The van der Waals surface area contributed by atoms with Crippen molar-refractivity contribution >= 4 is 27.5 Å². The molecule has 0 aliphatic heterocycles. The van der Waals surface area contributed by atoms with Gasteiger partial charge in [0.1, 0.15) is 12.6 Å². The van der Waals surface area contributed by atoms with Gasteiger partial charge in [0.15, 0.2) is 11.5 Å². The van der Waals surface area contributed by atoms with Crippen LogP contribution in [0.5, 0.6) is 11.5 Å². The van der Waals surface area contributed by atoms with Gasteiger partial charge in [-0.2, -0.15) is 0 Å². The van der Waals surface area contributed by atoms with E-state index in [-0.39, 0.29) is 18.1 Å². The van der Waals surface area contributed by atoms with E-state index in [1.165, 1.54) is 38.3 Å². The van der Waals surface area contributed by atoms with Gasteiger partial charge in [-0.1, -0.05) is 30.3 Å². The van der Waals surface area contributed by atoms with Crippen molar-refractivity contribution in [2.24, 2.45) is 0 Å². The van der Waals surface area contributed by atoms with Gasteiger partial charge < -0.3 is 19.7 Å². The van der Waals surface area contributed by atoms with Gasteiger partial charge in [0.2, 0.25) is 21.8 Å². The summed E-state index contributed by atoms with van der Waals surface area (Å²) in [4.78, 5) is 26.9. The first-order chi connectivity index (χ1) is 15.1. The number of carbonyl (C=O) groups is 2. The first kappa shape index (κ1) is 25.0. The minimum Gasteiger partial charge on any atom is -0.493 e. The first-order valence-corrected chi connectivity index (χ1v) is 11.7. The van der Waals surface area contributed by atoms with Crippen LogP contribution in [0.15, 0.2) is 48.5 Å². The van der Waals surface area contributed by atoms with E-state index < -0.39 is 28.5 Å². The quantitative estimate of drug-likeness (QED) is 0.574. The summed E-state index contributed by atoms with van der Waals surface area (Å²) < 4.78 is 36.6. The third-order valence-corrected chi connectivity index (χ3v) is 6.08. The Bertz CT molecular complexity index is 1040. The predicted molar refractivity (Wildman–Crippen MR) is 122 cm³/mol. The molecule has 2 aromatic carbocycles. The van der Waals surface area contributed by atoms with Crippen LogP contribution in [-0.4, -0.2) is 65.2 Å². The number of methoxy groups -OCH3 is 2. The molecule has 32 heavy (non-hydrogen) atoms. The molecule has 174 valence electrons. The van der Waals surface area contributed by atoms with E-state index in [0.29, 0.717) is 11.5 Å². The Morgan fingerprint density at radius 2 is 1.66 bits per heavy atom. The van der Waals surface area contributed by atoms with E-state index in [1.54, 1.807) is 13.0 Å². The summed E-state index contributed by atoms with van der Waals surface area (Å²) >= 11 is 0. The lowest BCUT2D eigenvalue weighted by Crippen LogP contribution is -2.50. The zero-order valence-electron chi connectivity index (χ0n) is 18.9. The van der Waals surface area contributed by atoms with Crippen molar-refractivity contribution in [3.05, 3.63) is 54.1 Å². The van der Waals surface area contributed by atoms with Crippen LogP contribution in [-0.2, 0) is 26.2 Å². The van der Waals surface area contributed by atoms with E-state index in [1.807, 2.05) is 30.3 Å². The van der Waals surface area contributed by atoms with Crippen LogP contribution < -0.4 is 19.1 Å². The van der Waals surface area contributed by atoms with E-state index in [0.717, 1.165) is 16.1 Å². The molecule has 9 nitrogen and oxygen atoms in total. The van der Waals surface area contributed by atoms with Crippen molar-refractivity contribution in [3.8, 4) is 11.5 Å². The van der Waals surface area contributed by atoms with E-state index in [2.05, 4.69) is 5.32 Å². The zero-order valence-corrected chi connectivity index (χ0v) is 19.7. The molecule has 2 amide bonds. The summed E-state index contributed by atoms with van der Waals surface area (Å²) in [5.41, 5.74) is 1.05. The number of benzene rings is 2. The van der Waals surface area contributed by atoms with Crippen LogP contribution in [0.2, 0.25) is 0 Å². The maximum absolute atomic E-state index is 13.3. The summed E-state index contributed by atoms with van der Waals surface area (Å²) in [5, 5.41) is 2.53. The molecule has 0 saturated heterocycles. The zero-order chi connectivity index (χ0) is 23.9. The molecular weight excluding hydrogens is 434 g/mol. The van der Waals surface area contributed by atoms with Crippen LogP contribution in [0.4, 0.5) is 5.69 Å². The molecule has 10 heteroatoms. The fraction of sp³-hybridized carbons (Fsp3) is 0.364. The number of amides is 2. The Morgan fingerprint density at radius 3 is 2.19 bits per heavy atom. The second-order valence-electron chi connectivity index (χ2n) is 7.11. The second-order valence-corrected chi connectivity index (χ2v) is 9.01. The number of likely N-dealkylation sites (N-methyl/N-ethyl adjacent to an activating group) is 1. The largest absolute Gasteiger partial charge is 0.493 e. The molecule has 0 radical (unpaired) electrons. The number of ether oxygens (including phenoxy) is 2. The molecule has 0 fully saturated rings. The van der Waals surface area contributed by atoms with Gasteiger partial charge in [-0.25, -0.2) is 8.42 Å². The number of hydrogen-bond donors (Lipinski definition) is 1. The Morgan fingerprint density at radius 1 is 1.03 bits per heavy atom.